The predicted molar refractivity (Wildman–Crippen MR) is 119 cm³/mol. The Kier molecular flexibility index (Phi) is 6.80. The first-order chi connectivity index (χ1) is 14.4. The minimum Gasteiger partial charge on any atom is -0.497 e. The number of anilines is 1. The maximum Gasteiger partial charge on any atom is 0.270 e. The van der Waals surface area contributed by atoms with E-state index in [2.05, 4.69) is 5.32 Å². The molecule has 10 heteroatoms. The Morgan fingerprint density at radius 1 is 1.30 bits per heavy atom. The average Bonchev–Trinajstić information content (AvgIpc) is 2.99. The first-order valence-electron chi connectivity index (χ1n) is 8.81. The molecule has 0 radical (unpaired) electrons. The molecule has 3 rings (SSSR count). The lowest BCUT2D eigenvalue weighted by Crippen LogP contribution is -2.31. The molecule has 2 aromatic rings. The lowest BCUT2D eigenvalue weighted by molar-refractivity contribution is -0.384. The Morgan fingerprint density at radius 2 is 2.03 bits per heavy atom. The van der Waals surface area contributed by atoms with E-state index in [0.717, 1.165) is 11.8 Å². The van der Waals surface area contributed by atoms with E-state index >= 15 is 0 Å². The molecule has 0 unspecified atom stereocenters. The van der Waals surface area contributed by atoms with Crippen molar-refractivity contribution in [3.8, 4) is 5.75 Å². The first-order valence-corrected chi connectivity index (χ1v) is 10.0. The number of non-ortho nitro benzene ring substituents is 1. The monoisotopic (exact) mass is 443 g/mol. The second-order valence-corrected chi connectivity index (χ2v) is 7.89. The van der Waals surface area contributed by atoms with Crippen LogP contribution in [0.15, 0.2) is 53.4 Å². The summed E-state index contributed by atoms with van der Waals surface area (Å²) >= 11 is 6.37. The van der Waals surface area contributed by atoms with Crippen molar-refractivity contribution >= 4 is 57.6 Å². The number of carbonyl (C=O) groups is 2. The lowest BCUT2D eigenvalue weighted by atomic mass is 10.2. The number of nitrogens with one attached hydrogen (secondary N) is 1. The molecule has 0 atom stereocenters. The molecule has 1 fully saturated rings. The fraction of sp³-hybridized carbons (Fsp3) is 0.150. The Bertz CT molecular complexity index is 1040. The van der Waals surface area contributed by atoms with Crippen LogP contribution in [0.1, 0.15) is 12.0 Å². The summed E-state index contributed by atoms with van der Waals surface area (Å²) in [5.74, 6) is 0.103. The number of hydrogen-bond acceptors (Lipinski definition) is 7. The van der Waals surface area contributed by atoms with Gasteiger partial charge in [0.1, 0.15) is 10.1 Å². The Balaban J connectivity index is 1.61. The zero-order valence-corrected chi connectivity index (χ0v) is 17.5. The topological polar surface area (TPSA) is 102 Å². The highest BCUT2D eigenvalue weighted by molar-refractivity contribution is 8.26. The maximum atomic E-state index is 12.7. The number of amides is 2. The first kappa shape index (κ1) is 21.5. The maximum absolute atomic E-state index is 12.7. The summed E-state index contributed by atoms with van der Waals surface area (Å²) in [6.07, 6.45) is 1.63. The molecule has 1 saturated heterocycles. The molecule has 8 nitrogen and oxygen atoms in total. The number of rotatable bonds is 7. The van der Waals surface area contributed by atoms with E-state index in [1.54, 1.807) is 49.6 Å². The number of methoxy groups -OCH3 is 1. The van der Waals surface area contributed by atoms with Crippen molar-refractivity contribution in [3.05, 3.63) is 69.1 Å². The molecule has 30 heavy (non-hydrogen) atoms. The molecule has 2 aromatic carbocycles. The van der Waals surface area contributed by atoms with E-state index in [1.165, 1.54) is 17.0 Å². The van der Waals surface area contributed by atoms with Crippen molar-refractivity contribution in [2.45, 2.75) is 6.42 Å². The molecular formula is C20H17N3O5S2. The van der Waals surface area contributed by atoms with E-state index < -0.39 is 4.92 Å². The van der Waals surface area contributed by atoms with Gasteiger partial charge in [0, 0.05) is 30.8 Å². The number of ether oxygens (including phenoxy) is 1. The largest absolute Gasteiger partial charge is 0.497 e. The van der Waals surface area contributed by atoms with Gasteiger partial charge in [-0.1, -0.05) is 36.1 Å². The van der Waals surface area contributed by atoms with Crippen molar-refractivity contribution in [1.29, 1.82) is 0 Å². The van der Waals surface area contributed by atoms with Gasteiger partial charge < -0.3 is 10.1 Å². The van der Waals surface area contributed by atoms with E-state index in [4.69, 9.17) is 17.0 Å². The molecule has 1 heterocycles. The number of nitro benzene ring substituents is 1. The van der Waals surface area contributed by atoms with Crippen LogP contribution in [-0.4, -0.2) is 39.6 Å². The van der Waals surface area contributed by atoms with Crippen molar-refractivity contribution < 1.29 is 19.2 Å². The van der Waals surface area contributed by atoms with Gasteiger partial charge in [0.2, 0.25) is 5.91 Å². The third-order valence-electron chi connectivity index (χ3n) is 4.19. The van der Waals surface area contributed by atoms with Crippen LogP contribution in [0, 0.1) is 10.1 Å². The van der Waals surface area contributed by atoms with E-state index in [9.17, 15) is 19.7 Å². The van der Waals surface area contributed by atoms with Crippen LogP contribution in [0.2, 0.25) is 0 Å². The average molecular weight is 444 g/mol. The minimum atomic E-state index is -0.496. The SMILES string of the molecule is COc1ccc(NC(=O)CCN2C(=O)/C(=C/c3cccc([N+](=O)[O-])c3)SC2=S)cc1. The highest BCUT2D eigenvalue weighted by Crippen LogP contribution is 2.33. The van der Waals surface area contributed by atoms with Gasteiger partial charge in [-0.3, -0.25) is 24.6 Å². The number of thioether (sulfide) groups is 1. The molecule has 1 N–H and O–H groups in total. The Hall–Kier alpha value is -3.24. The molecule has 0 bridgehead atoms. The molecule has 0 saturated carbocycles. The number of benzene rings is 2. The molecule has 0 aromatic heterocycles. The molecule has 0 aliphatic carbocycles. The van der Waals surface area contributed by atoms with Crippen molar-refractivity contribution in [1.82, 2.24) is 4.90 Å². The van der Waals surface area contributed by atoms with Crippen LogP contribution >= 0.6 is 24.0 Å². The van der Waals surface area contributed by atoms with Gasteiger partial charge in [0.05, 0.1) is 16.9 Å². The van der Waals surface area contributed by atoms with Gasteiger partial charge in [-0.05, 0) is 35.9 Å². The van der Waals surface area contributed by atoms with Crippen LogP contribution in [0.4, 0.5) is 11.4 Å². The van der Waals surface area contributed by atoms with E-state index in [0.29, 0.717) is 26.2 Å². The summed E-state index contributed by atoms with van der Waals surface area (Å²) in [5.41, 5.74) is 1.09. The normalized spacial score (nSPS) is 14.8. The summed E-state index contributed by atoms with van der Waals surface area (Å²) in [6.45, 7) is 0.138. The molecular weight excluding hydrogens is 426 g/mol. The molecule has 2 amide bonds. The quantitative estimate of drug-likeness (QED) is 0.300. The van der Waals surface area contributed by atoms with Crippen molar-refractivity contribution in [3.63, 3.8) is 0 Å². The number of nitro groups is 1. The number of carbonyl (C=O) groups excluding carboxylic acids is 2. The van der Waals surface area contributed by atoms with Gasteiger partial charge in [-0.2, -0.15) is 0 Å². The summed E-state index contributed by atoms with van der Waals surface area (Å²) in [5, 5.41) is 13.7. The summed E-state index contributed by atoms with van der Waals surface area (Å²) < 4.78 is 5.41. The van der Waals surface area contributed by atoms with Crippen LogP contribution in [0.3, 0.4) is 0 Å². The summed E-state index contributed by atoms with van der Waals surface area (Å²) in [7, 11) is 1.56. The number of thiocarbonyl (C=S) groups is 1. The van der Waals surface area contributed by atoms with E-state index in [1.807, 2.05) is 0 Å². The predicted octanol–water partition coefficient (Wildman–Crippen LogP) is 3.83. The summed E-state index contributed by atoms with van der Waals surface area (Å²) in [4.78, 5) is 37.0. The molecule has 154 valence electrons. The highest BCUT2D eigenvalue weighted by Gasteiger charge is 2.32. The number of hydrogen-bond donors (Lipinski definition) is 1. The minimum absolute atomic E-state index is 0.0607. The van der Waals surface area contributed by atoms with Crippen LogP contribution in [-0.2, 0) is 9.59 Å². The lowest BCUT2D eigenvalue weighted by Gasteiger charge is -2.14. The van der Waals surface area contributed by atoms with Crippen LogP contribution < -0.4 is 10.1 Å². The zero-order chi connectivity index (χ0) is 21.7. The molecule has 1 aliphatic heterocycles. The van der Waals surface area contributed by atoms with E-state index in [-0.39, 0.29) is 30.5 Å². The Labute approximate surface area is 182 Å². The zero-order valence-electron chi connectivity index (χ0n) is 15.9. The second-order valence-electron chi connectivity index (χ2n) is 6.21. The van der Waals surface area contributed by atoms with Crippen molar-refractivity contribution in [2.24, 2.45) is 0 Å². The van der Waals surface area contributed by atoms with Crippen molar-refractivity contribution in [2.75, 3.05) is 19.0 Å². The fourth-order valence-corrected chi connectivity index (χ4v) is 3.99. The van der Waals surface area contributed by atoms with Gasteiger partial charge >= 0.3 is 0 Å². The van der Waals surface area contributed by atoms with Gasteiger partial charge in [0.25, 0.3) is 11.6 Å². The Morgan fingerprint density at radius 3 is 2.70 bits per heavy atom. The standard InChI is InChI=1S/C20H17N3O5S2/c1-28-16-7-5-14(6-8-16)21-18(24)9-10-22-19(25)17(30-20(22)29)12-13-3-2-4-15(11-13)23(26)27/h2-8,11-12H,9-10H2,1H3,(H,21,24)/b17-12-. The molecule has 1 aliphatic rings. The summed E-state index contributed by atoms with van der Waals surface area (Å²) in [6, 6.07) is 12.9. The highest BCUT2D eigenvalue weighted by atomic mass is 32.2. The fourth-order valence-electron chi connectivity index (χ4n) is 2.68. The smallest absolute Gasteiger partial charge is 0.270 e. The van der Waals surface area contributed by atoms with Crippen LogP contribution in [0.25, 0.3) is 6.08 Å². The molecule has 0 spiro atoms. The second kappa shape index (κ2) is 9.51. The van der Waals surface area contributed by atoms with Gasteiger partial charge in [-0.25, -0.2) is 0 Å². The van der Waals surface area contributed by atoms with Crippen LogP contribution in [0.5, 0.6) is 5.75 Å². The van der Waals surface area contributed by atoms with Gasteiger partial charge in [0.15, 0.2) is 0 Å². The third kappa shape index (κ3) is 5.22. The van der Waals surface area contributed by atoms with Gasteiger partial charge in [-0.15, -0.1) is 0 Å². The number of nitrogens with zero attached hydrogens (tertiary/aromatic N) is 2. The third-order valence-corrected chi connectivity index (χ3v) is 5.57.